The van der Waals surface area contributed by atoms with Gasteiger partial charge in [0.05, 0.1) is 11.1 Å². The first-order chi connectivity index (χ1) is 11.4. The number of aromatic nitrogens is 4. The summed E-state index contributed by atoms with van der Waals surface area (Å²) in [6.07, 6.45) is 2.59. The van der Waals surface area contributed by atoms with Gasteiger partial charge in [-0.15, -0.1) is 11.3 Å². The number of fused-ring (bicyclic) bond motifs is 1. The van der Waals surface area contributed by atoms with Gasteiger partial charge in [-0.2, -0.15) is 8.78 Å². The Kier molecular flexibility index (Phi) is 4.73. The summed E-state index contributed by atoms with van der Waals surface area (Å²) in [7, 11) is 0. The summed E-state index contributed by atoms with van der Waals surface area (Å²) in [5.41, 5.74) is 0.878. The summed E-state index contributed by atoms with van der Waals surface area (Å²) in [5.74, 6) is 0.476. The van der Waals surface area contributed by atoms with Gasteiger partial charge in [0.1, 0.15) is 10.7 Å². The Morgan fingerprint density at radius 1 is 1.38 bits per heavy atom. The van der Waals surface area contributed by atoms with Crippen LogP contribution in [0.25, 0.3) is 10.2 Å². The Bertz CT molecular complexity index is 945. The van der Waals surface area contributed by atoms with Crippen molar-refractivity contribution in [1.82, 2.24) is 19.1 Å². The highest BCUT2D eigenvalue weighted by Crippen LogP contribution is 2.29. The van der Waals surface area contributed by atoms with Crippen LogP contribution in [0, 0.1) is 13.8 Å². The van der Waals surface area contributed by atoms with E-state index in [0.717, 1.165) is 15.0 Å². The molecule has 0 saturated carbocycles. The number of hydrogen-bond donors (Lipinski definition) is 0. The number of hydrogen-bond acceptors (Lipinski definition) is 5. The second-order valence-corrected chi connectivity index (χ2v) is 7.37. The zero-order valence-corrected chi connectivity index (χ0v) is 15.0. The molecule has 0 aromatic carbocycles. The average molecular weight is 370 g/mol. The summed E-state index contributed by atoms with van der Waals surface area (Å²) in [5, 5.41) is 1.18. The molecule has 9 heteroatoms. The molecule has 0 amide bonds. The lowest BCUT2D eigenvalue weighted by Crippen LogP contribution is -2.22. The van der Waals surface area contributed by atoms with Gasteiger partial charge in [0.2, 0.25) is 0 Å². The summed E-state index contributed by atoms with van der Waals surface area (Å²) in [6, 6.07) is 0. The van der Waals surface area contributed by atoms with E-state index in [1.165, 1.54) is 35.5 Å². The molecule has 0 fully saturated rings. The largest absolute Gasteiger partial charge is 0.319 e. The molecule has 3 aromatic rings. The number of rotatable bonds is 5. The molecule has 0 bridgehead atoms. The Morgan fingerprint density at radius 3 is 2.79 bits per heavy atom. The molecule has 0 saturated heterocycles. The third-order valence-corrected chi connectivity index (χ3v) is 5.93. The van der Waals surface area contributed by atoms with Gasteiger partial charge in [0.15, 0.2) is 5.16 Å². The van der Waals surface area contributed by atoms with Gasteiger partial charge in [0, 0.05) is 23.8 Å². The van der Waals surface area contributed by atoms with E-state index in [2.05, 4.69) is 9.97 Å². The fourth-order valence-electron chi connectivity index (χ4n) is 2.46. The van der Waals surface area contributed by atoms with Crippen molar-refractivity contribution in [3.63, 3.8) is 0 Å². The highest BCUT2D eigenvalue weighted by atomic mass is 32.2. The third kappa shape index (κ3) is 2.86. The maximum Gasteiger partial charge on any atom is 0.319 e. The van der Waals surface area contributed by atoms with Crippen molar-refractivity contribution in [2.24, 2.45) is 0 Å². The minimum atomic E-state index is -2.63. The molecule has 3 rings (SSSR count). The topological polar surface area (TPSA) is 52.7 Å². The zero-order chi connectivity index (χ0) is 17.4. The third-order valence-electron chi connectivity index (χ3n) is 3.86. The Morgan fingerprint density at radius 2 is 2.12 bits per heavy atom. The van der Waals surface area contributed by atoms with Crippen LogP contribution in [-0.4, -0.2) is 19.1 Å². The monoisotopic (exact) mass is 370 g/mol. The molecule has 3 aromatic heterocycles. The number of nitrogens with zero attached hydrogens (tertiary/aromatic N) is 4. The Labute approximate surface area is 145 Å². The lowest BCUT2D eigenvalue weighted by molar-refractivity contribution is 0.0678. The standard InChI is InChI=1S/C15H16F2N4OS2/c1-4-20-13(22)11-8(2)9(3)24-12(11)19-15(20)23-7-10-18-5-6-21(10)14(16)17/h5-6,14H,4,7H2,1-3H3. The molecule has 128 valence electrons. The molecule has 0 aliphatic carbocycles. The smallest absolute Gasteiger partial charge is 0.287 e. The fraction of sp³-hybridized carbons (Fsp3) is 0.400. The molecule has 0 radical (unpaired) electrons. The summed E-state index contributed by atoms with van der Waals surface area (Å²) < 4.78 is 28.2. The minimum absolute atomic E-state index is 0.0796. The number of thiophene rings is 1. The molecule has 0 unspecified atom stereocenters. The van der Waals surface area contributed by atoms with Crippen LogP contribution >= 0.6 is 23.1 Å². The van der Waals surface area contributed by atoms with Gasteiger partial charge in [-0.05, 0) is 26.3 Å². The Hall–Kier alpha value is -1.74. The van der Waals surface area contributed by atoms with Crippen LogP contribution in [-0.2, 0) is 12.3 Å². The highest BCUT2D eigenvalue weighted by molar-refractivity contribution is 7.98. The predicted octanol–water partition coefficient (Wildman–Crippen LogP) is 3.98. The predicted molar refractivity (Wildman–Crippen MR) is 92.1 cm³/mol. The Balaban J connectivity index is 2.00. The van der Waals surface area contributed by atoms with Crippen molar-refractivity contribution in [3.8, 4) is 0 Å². The first kappa shape index (κ1) is 17.1. The number of aryl methyl sites for hydroxylation is 2. The van der Waals surface area contributed by atoms with Gasteiger partial charge in [-0.25, -0.2) is 9.97 Å². The van der Waals surface area contributed by atoms with Gasteiger partial charge in [-0.1, -0.05) is 11.8 Å². The molecule has 24 heavy (non-hydrogen) atoms. The van der Waals surface area contributed by atoms with Crippen molar-refractivity contribution in [1.29, 1.82) is 0 Å². The minimum Gasteiger partial charge on any atom is -0.287 e. The number of alkyl halides is 2. The number of halogens is 2. The van der Waals surface area contributed by atoms with Crippen molar-refractivity contribution in [3.05, 3.63) is 39.0 Å². The molecule has 0 aliphatic heterocycles. The lowest BCUT2D eigenvalue weighted by Gasteiger charge is -2.10. The second kappa shape index (κ2) is 6.64. The maximum absolute atomic E-state index is 12.9. The van der Waals surface area contributed by atoms with E-state index in [1.807, 2.05) is 20.8 Å². The van der Waals surface area contributed by atoms with E-state index >= 15 is 0 Å². The van der Waals surface area contributed by atoms with Crippen LogP contribution < -0.4 is 5.56 Å². The van der Waals surface area contributed by atoms with Gasteiger partial charge >= 0.3 is 6.55 Å². The van der Waals surface area contributed by atoms with E-state index in [1.54, 1.807) is 4.57 Å². The van der Waals surface area contributed by atoms with Gasteiger partial charge in [0.25, 0.3) is 5.56 Å². The van der Waals surface area contributed by atoms with Crippen LogP contribution in [0.1, 0.15) is 29.7 Å². The van der Waals surface area contributed by atoms with Crippen LogP contribution in [0.5, 0.6) is 0 Å². The van der Waals surface area contributed by atoms with Gasteiger partial charge in [-0.3, -0.25) is 13.9 Å². The number of thioether (sulfide) groups is 1. The molecule has 0 N–H and O–H groups in total. The first-order valence-electron chi connectivity index (χ1n) is 7.37. The van der Waals surface area contributed by atoms with Crippen LogP contribution in [0.15, 0.2) is 22.3 Å². The fourth-order valence-corrected chi connectivity index (χ4v) is 4.54. The van der Waals surface area contributed by atoms with E-state index in [4.69, 9.17) is 0 Å². The van der Waals surface area contributed by atoms with E-state index in [-0.39, 0.29) is 17.1 Å². The number of imidazole rings is 1. The maximum atomic E-state index is 12.9. The highest BCUT2D eigenvalue weighted by Gasteiger charge is 2.17. The van der Waals surface area contributed by atoms with Crippen LogP contribution in [0.3, 0.4) is 0 Å². The van der Waals surface area contributed by atoms with Crippen LogP contribution in [0.2, 0.25) is 0 Å². The van der Waals surface area contributed by atoms with E-state index in [0.29, 0.717) is 21.9 Å². The molecule has 3 heterocycles. The van der Waals surface area contributed by atoms with E-state index < -0.39 is 6.55 Å². The second-order valence-electron chi connectivity index (χ2n) is 5.22. The molecule has 5 nitrogen and oxygen atoms in total. The van der Waals surface area contributed by atoms with Crippen molar-refractivity contribution in [2.75, 3.05) is 0 Å². The molecule has 0 spiro atoms. The van der Waals surface area contributed by atoms with Gasteiger partial charge < -0.3 is 0 Å². The summed E-state index contributed by atoms with van der Waals surface area (Å²) in [6.45, 7) is 3.59. The lowest BCUT2D eigenvalue weighted by atomic mass is 10.2. The van der Waals surface area contributed by atoms with Crippen molar-refractivity contribution >= 4 is 33.3 Å². The zero-order valence-electron chi connectivity index (χ0n) is 13.4. The molecule has 0 atom stereocenters. The molecular formula is C15H16F2N4OS2. The van der Waals surface area contributed by atoms with Crippen molar-refractivity contribution < 1.29 is 8.78 Å². The van der Waals surface area contributed by atoms with Crippen molar-refractivity contribution in [2.45, 2.75) is 44.8 Å². The normalized spacial score (nSPS) is 11.8. The van der Waals surface area contributed by atoms with E-state index in [9.17, 15) is 13.6 Å². The SMILES string of the molecule is CCn1c(SCc2nccn2C(F)F)nc2sc(C)c(C)c2c1=O. The molecule has 0 aliphatic rings. The summed E-state index contributed by atoms with van der Waals surface area (Å²) in [4.78, 5) is 23.0. The average Bonchev–Trinajstić information content (AvgIpc) is 3.11. The van der Waals surface area contributed by atoms with Crippen LogP contribution in [0.4, 0.5) is 8.78 Å². The first-order valence-corrected chi connectivity index (χ1v) is 9.17. The molecular weight excluding hydrogens is 354 g/mol. The summed E-state index contributed by atoms with van der Waals surface area (Å²) >= 11 is 2.73. The quantitative estimate of drug-likeness (QED) is 0.504.